The molecule has 29 heavy (non-hydrogen) atoms. The van der Waals surface area contributed by atoms with Gasteiger partial charge >= 0.3 is 0 Å². The number of benzene rings is 2. The summed E-state index contributed by atoms with van der Waals surface area (Å²) < 4.78 is 27.4. The van der Waals surface area contributed by atoms with Crippen LogP contribution in [0, 0.1) is 0 Å². The second-order valence-corrected chi connectivity index (χ2v) is 9.17. The van der Waals surface area contributed by atoms with Crippen LogP contribution in [0.5, 0.6) is 0 Å². The first kappa shape index (κ1) is 21.3. The van der Waals surface area contributed by atoms with Crippen LogP contribution in [0.3, 0.4) is 0 Å². The van der Waals surface area contributed by atoms with Crippen molar-refractivity contribution in [2.45, 2.75) is 43.5 Å². The van der Waals surface area contributed by atoms with Crippen molar-refractivity contribution >= 4 is 21.6 Å². The number of anilines is 1. The molecule has 0 aliphatic carbocycles. The van der Waals surface area contributed by atoms with E-state index in [0.29, 0.717) is 23.8 Å². The third-order valence-electron chi connectivity index (χ3n) is 5.30. The third kappa shape index (κ3) is 6.05. The monoisotopic (exact) mass is 415 g/mol. The molecule has 0 radical (unpaired) electrons. The lowest BCUT2D eigenvalue weighted by Crippen LogP contribution is -2.39. The van der Waals surface area contributed by atoms with E-state index in [9.17, 15) is 13.2 Å². The number of amides is 1. The smallest absolute Gasteiger partial charge is 0.261 e. The molecule has 6 nitrogen and oxygen atoms in total. The maximum absolute atomic E-state index is 12.5. The standard InChI is InChI=1S/C22H29N3O3S/c1-18-8-5-6-16-25(18)17-7-15-23-22(26)19-11-13-21(14-12-19)29(27,28)24-20-9-3-2-4-10-20/h2-4,9-14,18,24H,5-8,15-17H2,1H3,(H,23,26)/t18-/m1/s1. The zero-order valence-corrected chi connectivity index (χ0v) is 17.6. The van der Waals surface area contributed by atoms with E-state index in [4.69, 9.17) is 0 Å². The fourth-order valence-corrected chi connectivity index (χ4v) is 4.64. The Labute approximate surface area is 173 Å². The molecule has 1 fully saturated rings. The highest BCUT2D eigenvalue weighted by molar-refractivity contribution is 7.92. The first-order valence-electron chi connectivity index (χ1n) is 10.2. The molecule has 156 valence electrons. The van der Waals surface area contributed by atoms with Gasteiger partial charge in [-0.15, -0.1) is 0 Å². The molecule has 2 N–H and O–H groups in total. The lowest BCUT2D eigenvalue weighted by atomic mass is 10.0. The highest BCUT2D eigenvalue weighted by Gasteiger charge is 2.18. The molecule has 1 atom stereocenters. The molecule has 2 aromatic rings. The molecular formula is C22H29N3O3S. The van der Waals surface area contributed by atoms with Crippen LogP contribution in [0.1, 0.15) is 43.0 Å². The van der Waals surface area contributed by atoms with Gasteiger partial charge in [-0.3, -0.25) is 9.52 Å². The highest BCUT2D eigenvalue weighted by atomic mass is 32.2. The van der Waals surface area contributed by atoms with E-state index < -0.39 is 10.0 Å². The topological polar surface area (TPSA) is 78.5 Å². The SMILES string of the molecule is C[C@@H]1CCCCN1CCCNC(=O)c1ccc(S(=O)(=O)Nc2ccccc2)cc1. The normalized spacial score (nSPS) is 17.6. The van der Waals surface area contributed by atoms with Crippen molar-refractivity contribution in [2.75, 3.05) is 24.4 Å². The van der Waals surface area contributed by atoms with Crippen LogP contribution < -0.4 is 10.0 Å². The molecule has 0 aromatic heterocycles. The molecule has 1 heterocycles. The van der Waals surface area contributed by atoms with Gasteiger partial charge in [0.05, 0.1) is 4.90 Å². The summed E-state index contributed by atoms with van der Waals surface area (Å²) in [5, 5.41) is 2.92. The Kier molecular flexibility index (Phi) is 7.28. The minimum atomic E-state index is -3.68. The number of hydrogen-bond acceptors (Lipinski definition) is 4. The number of rotatable bonds is 8. The maximum atomic E-state index is 12.5. The van der Waals surface area contributed by atoms with Crippen molar-refractivity contribution in [3.05, 3.63) is 60.2 Å². The van der Waals surface area contributed by atoms with Gasteiger partial charge in [-0.1, -0.05) is 24.6 Å². The molecule has 0 saturated carbocycles. The molecule has 2 aromatic carbocycles. The quantitative estimate of drug-likeness (QED) is 0.647. The number of carbonyl (C=O) groups excluding carboxylic acids is 1. The highest BCUT2D eigenvalue weighted by Crippen LogP contribution is 2.17. The zero-order valence-electron chi connectivity index (χ0n) is 16.8. The summed E-state index contributed by atoms with van der Waals surface area (Å²) in [6.07, 6.45) is 4.72. The van der Waals surface area contributed by atoms with Crippen molar-refractivity contribution in [1.29, 1.82) is 0 Å². The first-order valence-corrected chi connectivity index (χ1v) is 11.6. The number of para-hydroxylation sites is 1. The Morgan fingerprint density at radius 1 is 1.07 bits per heavy atom. The van der Waals surface area contributed by atoms with Gasteiger partial charge in [-0.25, -0.2) is 8.42 Å². The second kappa shape index (κ2) is 9.89. The summed E-state index contributed by atoms with van der Waals surface area (Å²) in [7, 11) is -3.68. The van der Waals surface area contributed by atoms with Crippen LogP contribution in [0.4, 0.5) is 5.69 Å². The van der Waals surface area contributed by atoms with Gasteiger partial charge in [-0.2, -0.15) is 0 Å². The first-order chi connectivity index (χ1) is 14.0. The van der Waals surface area contributed by atoms with Crippen molar-refractivity contribution in [3.8, 4) is 0 Å². The van der Waals surface area contributed by atoms with Gasteiger partial charge in [0.25, 0.3) is 15.9 Å². The predicted molar refractivity (Wildman–Crippen MR) is 116 cm³/mol. The summed E-state index contributed by atoms with van der Waals surface area (Å²) in [6.45, 7) is 5.00. The predicted octanol–water partition coefficient (Wildman–Crippen LogP) is 3.48. The number of hydrogen-bond donors (Lipinski definition) is 2. The Hall–Kier alpha value is -2.38. The van der Waals surface area contributed by atoms with E-state index in [1.165, 1.54) is 31.4 Å². The Bertz CT molecular complexity index is 899. The summed E-state index contributed by atoms with van der Waals surface area (Å²) >= 11 is 0. The molecule has 1 saturated heterocycles. The Morgan fingerprint density at radius 3 is 2.48 bits per heavy atom. The van der Waals surface area contributed by atoms with Crippen LogP contribution in [-0.2, 0) is 10.0 Å². The lowest BCUT2D eigenvalue weighted by Gasteiger charge is -2.33. The molecule has 0 spiro atoms. The van der Waals surface area contributed by atoms with Crippen LogP contribution in [0.25, 0.3) is 0 Å². The summed E-state index contributed by atoms with van der Waals surface area (Å²) in [5.41, 5.74) is 0.951. The zero-order chi connectivity index (χ0) is 20.7. The van der Waals surface area contributed by atoms with Gasteiger partial charge in [-0.05, 0) is 69.1 Å². The van der Waals surface area contributed by atoms with Gasteiger partial charge in [0.2, 0.25) is 0 Å². The van der Waals surface area contributed by atoms with Crippen molar-refractivity contribution < 1.29 is 13.2 Å². The van der Waals surface area contributed by atoms with E-state index in [2.05, 4.69) is 21.9 Å². The van der Waals surface area contributed by atoms with Gasteiger partial charge in [0, 0.05) is 30.4 Å². The van der Waals surface area contributed by atoms with Crippen molar-refractivity contribution in [1.82, 2.24) is 10.2 Å². The van der Waals surface area contributed by atoms with E-state index in [1.807, 2.05) is 6.07 Å². The van der Waals surface area contributed by atoms with Crippen LogP contribution in [-0.4, -0.2) is 44.9 Å². The number of likely N-dealkylation sites (tertiary alicyclic amines) is 1. The lowest BCUT2D eigenvalue weighted by molar-refractivity contribution is 0.0948. The Morgan fingerprint density at radius 2 is 1.79 bits per heavy atom. The summed E-state index contributed by atoms with van der Waals surface area (Å²) in [5.74, 6) is -0.184. The number of piperidine rings is 1. The van der Waals surface area contributed by atoms with Crippen molar-refractivity contribution in [3.63, 3.8) is 0 Å². The van der Waals surface area contributed by atoms with E-state index in [0.717, 1.165) is 19.5 Å². The molecule has 1 aliphatic rings. The number of carbonyl (C=O) groups is 1. The van der Waals surface area contributed by atoms with E-state index >= 15 is 0 Å². The molecule has 3 rings (SSSR count). The maximum Gasteiger partial charge on any atom is 0.261 e. The fraction of sp³-hybridized carbons (Fsp3) is 0.409. The van der Waals surface area contributed by atoms with Crippen molar-refractivity contribution in [2.24, 2.45) is 0 Å². The van der Waals surface area contributed by atoms with Gasteiger partial charge < -0.3 is 10.2 Å². The van der Waals surface area contributed by atoms with Gasteiger partial charge in [0.15, 0.2) is 0 Å². The largest absolute Gasteiger partial charge is 0.352 e. The average molecular weight is 416 g/mol. The van der Waals surface area contributed by atoms with E-state index in [-0.39, 0.29) is 10.8 Å². The molecule has 0 bridgehead atoms. The minimum absolute atomic E-state index is 0.122. The third-order valence-corrected chi connectivity index (χ3v) is 6.70. The molecule has 1 amide bonds. The number of nitrogens with one attached hydrogen (secondary N) is 2. The number of sulfonamides is 1. The van der Waals surface area contributed by atoms with Gasteiger partial charge in [0.1, 0.15) is 0 Å². The van der Waals surface area contributed by atoms with Crippen LogP contribution in [0.2, 0.25) is 0 Å². The summed E-state index contributed by atoms with van der Waals surface area (Å²) in [6, 6.07) is 15.3. The molecule has 0 unspecified atom stereocenters. The number of nitrogens with zero attached hydrogens (tertiary/aromatic N) is 1. The molecule has 7 heteroatoms. The summed E-state index contributed by atoms with van der Waals surface area (Å²) in [4.78, 5) is 14.9. The van der Waals surface area contributed by atoms with Crippen LogP contribution in [0.15, 0.2) is 59.5 Å². The second-order valence-electron chi connectivity index (χ2n) is 7.49. The molecular weight excluding hydrogens is 386 g/mol. The Balaban J connectivity index is 1.49. The minimum Gasteiger partial charge on any atom is -0.352 e. The van der Waals surface area contributed by atoms with E-state index in [1.54, 1.807) is 36.4 Å². The molecule has 1 aliphatic heterocycles. The average Bonchev–Trinajstić information content (AvgIpc) is 2.73. The fourth-order valence-electron chi connectivity index (χ4n) is 3.58. The van der Waals surface area contributed by atoms with Crippen LogP contribution >= 0.6 is 0 Å².